The van der Waals surface area contributed by atoms with E-state index >= 15 is 0 Å². The fourth-order valence-corrected chi connectivity index (χ4v) is 1.63. The lowest BCUT2D eigenvalue weighted by Gasteiger charge is -2.20. The Morgan fingerprint density at radius 2 is 2.12 bits per heavy atom. The van der Waals surface area contributed by atoms with Gasteiger partial charge in [-0.3, -0.25) is 0 Å². The Balaban J connectivity index is 2.48. The van der Waals surface area contributed by atoms with E-state index in [0.717, 1.165) is 18.8 Å². The third-order valence-electron chi connectivity index (χ3n) is 2.53. The largest absolute Gasteiger partial charge is 0.305 e. The van der Waals surface area contributed by atoms with Gasteiger partial charge in [-0.15, -0.1) is 5.10 Å². The van der Waals surface area contributed by atoms with Gasteiger partial charge in [-0.1, -0.05) is 6.92 Å². The Morgan fingerprint density at radius 3 is 2.71 bits per heavy atom. The predicted octanol–water partition coefficient (Wildman–Crippen LogP) is 1.70. The average molecular weight is 257 g/mol. The van der Waals surface area contributed by atoms with Crippen molar-refractivity contribution in [2.24, 2.45) is 0 Å². The second-order valence-electron chi connectivity index (χ2n) is 5.26. The second-order valence-corrected chi connectivity index (χ2v) is 6.53. The minimum atomic E-state index is 0.0866. The molecule has 1 unspecified atom stereocenters. The molecule has 0 aliphatic carbocycles. The van der Waals surface area contributed by atoms with Crippen molar-refractivity contribution < 1.29 is 0 Å². The van der Waals surface area contributed by atoms with Crippen molar-refractivity contribution in [1.82, 2.24) is 25.5 Å². The summed E-state index contributed by atoms with van der Waals surface area (Å²) in [6.45, 7) is 10.2. The lowest BCUT2D eigenvalue weighted by molar-refractivity contribution is 0.406. The molecule has 6 heteroatoms. The molecule has 0 radical (unpaired) electrons. The zero-order valence-corrected chi connectivity index (χ0v) is 12.2. The molecule has 1 aromatic heterocycles. The van der Waals surface area contributed by atoms with E-state index in [9.17, 15) is 0 Å². The zero-order chi connectivity index (χ0) is 12.9. The van der Waals surface area contributed by atoms with Gasteiger partial charge in [0.15, 0.2) is 5.82 Å². The normalized spacial score (nSPS) is 13.9. The maximum Gasteiger partial charge on any atom is 0.165 e. The van der Waals surface area contributed by atoms with Crippen molar-refractivity contribution in [2.75, 3.05) is 6.26 Å². The third-order valence-corrected chi connectivity index (χ3v) is 3.57. The Hall–Kier alpha value is -0.620. The van der Waals surface area contributed by atoms with E-state index in [1.54, 1.807) is 0 Å². The van der Waals surface area contributed by atoms with Crippen LogP contribution in [0.1, 0.15) is 39.9 Å². The number of hydrogen-bond donors (Lipinski definition) is 1. The molecule has 0 spiro atoms. The Labute approximate surface area is 108 Å². The van der Waals surface area contributed by atoms with E-state index in [-0.39, 0.29) is 5.54 Å². The maximum absolute atomic E-state index is 4.06. The first-order chi connectivity index (χ1) is 7.92. The standard InChI is InChI=1S/C11H23N5S/c1-9(17-5)6-7-16-10(13-14-15-16)8-12-11(2,3)4/h9,12H,6-8H2,1-5H3. The van der Waals surface area contributed by atoms with Crippen LogP contribution in [0.3, 0.4) is 0 Å². The molecule has 0 aliphatic rings. The zero-order valence-electron chi connectivity index (χ0n) is 11.4. The molecule has 0 bridgehead atoms. The van der Waals surface area contributed by atoms with E-state index in [0.29, 0.717) is 11.8 Å². The highest BCUT2D eigenvalue weighted by Gasteiger charge is 2.12. The van der Waals surface area contributed by atoms with Crippen molar-refractivity contribution in [1.29, 1.82) is 0 Å². The van der Waals surface area contributed by atoms with Gasteiger partial charge in [-0.2, -0.15) is 11.8 Å². The Bertz CT molecular complexity index is 331. The second kappa shape index (κ2) is 6.35. The van der Waals surface area contributed by atoms with Crippen molar-refractivity contribution in [3.63, 3.8) is 0 Å². The van der Waals surface area contributed by atoms with Crippen LogP contribution in [0.25, 0.3) is 0 Å². The minimum Gasteiger partial charge on any atom is -0.305 e. The molecule has 98 valence electrons. The van der Waals surface area contributed by atoms with Crippen LogP contribution in [0.2, 0.25) is 0 Å². The molecule has 1 aromatic rings. The first-order valence-electron chi connectivity index (χ1n) is 5.95. The number of tetrazole rings is 1. The lowest BCUT2D eigenvalue weighted by Crippen LogP contribution is -2.36. The highest BCUT2D eigenvalue weighted by Crippen LogP contribution is 2.11. The molecule has 0 aromatic carbocycles. The molecule has 1 heterocycles. The fraction of sp³-hybridized carbons (Fsp3) is 0.909. The molecule has 1 atom stereocenters. The molecular formula is C11H23N5S. The lowest BCUT2D eigenvalue weighted by atomic mass is 10.1. The van der Waals surface area contributed by atoms with Gasteiger partial charge in [0.25, 0.3) is 0 Å². The van der Waals surface area contributed by atoms with Crippen molar-refractivity contribution in [2.45, 2.75) is 58.0 Å². The molecule has 0 saturated heterocycles. The summed E-state index contributed by atoms with van der Waals surface area (Å²) in [5, 5.41) is 15.9. The van der Waals surface area contributed by atoms with Crippen LogP contribution >= 0.6 is 11.8 Å². The number of aryl methyl sites for hydroxylation is 1. The summed E-state index contributed by atoms with van der Waals surface area (Å²) in [4.78, 5) is 0. The number of hydrogen-bond acceptors (Lipinski definition) is 5. The van der Waals surface area contributed by atoms with Gasteiger partial charge < -0.3 is 5.32 Å². The van der Waals surface area contributed by atoms with Gasteiger partial charge in [0.1, 0.15) is 0 Å². The van der Waals surface area contributed by atoms with Gasteiger partial charge in [0, 0.05) is 17.3 Å². The number of nitrogens with one attached hydrogen (secondary N) is 1. The molecule has 0 aliphatic heterocycles. The minimum absolute atomic E-state index is 0.0866. The Kier molecular flexibility index (Phi) is 5.39. The first-order valence-corrected chi connectivity index (χ1v) is 7.24. The van der Waals surface area contributed by atoms with E-state index in [4.69, 9.17) is 0 Å². The average Bonchev–Trinajstić information content (AvgIpc) is 2.69. The van der Waals surface area contributed by atoms with Gasteiger partial charge in [0.2, 0.25) is 0 Å². The highest BCUT2D eigenvalue weighted by atomic mass is 32.2. The van der Waals surface area contributed by atoms with E-state index in [2.05, 4.69) is 54.8 Å². The predicted molar refractivity (Wildman–Crippen MR) is 72.0 cm³/mol. The molecule has 0 amide bonds. The van der Waals surface area contributed by atoms with Crippen LogP contribution in [0.5, 0.6) is 0 Å². The number of rotatable bonds is 6. The number of nitrogens with zero attached hydrogens (tertiary/aromatic N) is 4. The summed E-state index contributed by atoms with van der Waals surface area (Å²) in [7, 11) is 0. The van der Waals surface area contributed by atoms with Gasteiger partial charge in [0.05, 0.1) is 6.54 Å². The number of thioether (sulfide) groups is 1. The molecule has 1 N–H and O–H groups in total. The summed E-state index contributed by atoms with van der Waals surface area (Å²) < 4.78 is 1.89. The molecule has 0 fully saturated rings. The van der Waals surface area contributed by atoms with E-state index < -0.39 is 0 Å². The summed E-state index contributed by atoms with van der Waals surface area (Å²) in [6, 6.07) is 0. The fourth-order valence-electron chi connectivity index (χ4n) is 1.29. The molecule has 17 heavy (non-hydrogen) atoms. The monoisotopic (exact) mass is 257 g/mol. The van der Waals surface area contributed by atoms with Crippen LogP contribution in [0, 0.1) is 0 Å². The van der Waals surface area contributed by atoms with Crippen LogP contribution < -0.4 is 5.32 Å². The summed E-state index contributed by atoms with van der Waals surface area (Å²) in [5.74, 6) is 0.910. The Morgan fingerprint density at radius 1 is 1.41 bits per heavy atom. The van der Waals surface area contributed by atoms with Gasteiger partial charge in [-0.25, -0.2) is 4.68 Å². The van der Waals surface area contributed by atoms with Gasteiger partial charge >= 0.3 is 0 Å². The molecule has 0 saturated carbocycles. The summed E-state index contributed by atoms with van der Waals surface area (Å²) in [6.07, 6.45) is 3.22. The number of aromatic nitrogens is 4. The van der Waals surface area contributed by atoms with Crippen LogP contribution in [0.4, 0.5) is 0 Å². The van der Waals surface area contributed by atoms with Gasteiger partial charge in [-0.05, 0) is 43.9 Å². The van der Waals surface area contributed by atoms with E-state index in [1.807, 2.05) is 16.4 Å². The quantitative estimate of drug-likeness (QED) is 0.840. The van der Waals surface area contributed by atoms with Crippen molar-refractivity contribution in [3.05, 3.63) is 5.82 Å². The van der Waals surface area contributed by atoms with Crippen molar-refractivity contribution >= 4 is 11.8 Å². The smallest absolute Gasteiger partial charge is 0.165 e. The summed E-state index contributed by atoms with van der Waals surface area (Å²) in [5.41, 5.74) is 0.0866. The van der Waals surface area contributed by atoms with Crippen LogP contribution in [-0.2, 0) is 13.1 Å². The maximum atomic E-state index is 4.06. The topological polar surface area (TPSA) is 55.6 Å². The molecule has 1 rings (SSSR count). The highest BCUT2D eigenvalue weighted by molar-refractivity contribution is 7.99. The SMILES string of the molecule is CSC(C)CCn1nnnc1CNC(C)(C)C. The third kappa shape index (κ3) is 5.50. The molecular weight excluding hydrogens is 234 g/mol. The first kappa shape index (κ1) is 14.4. The van der Waals surface area contributed by atoms with Crippen LogP contribution in [0.15, 0.2) is 0 Å². The molecule has 5 nitrogen and oxygen atoms in total. The van der Waals surface area contributed by atoms with Crippen molar-refractivity contribution in [3.8, 4) is 0 Å². The van der Waals surface area contributed by atoms with Crippen LogP contribution in [-0.4, -0.2) is 37.3 Å². The summed E-state index contributed by atoms with van der Waals surface area (Å²) >= 11 is 1.87. The van der Waals surface area contributed by atoms with E-state index in [1.165, 1.54) is 0 Å².